The number of thiazole rings is 1. The first-order valence-corrected chi connectivity index (χ1v) is 12.3. The summed E-state index contributed by atoms with van der Waals surface area (Å²) in [5.41, 5.74) is 2.61. The summed E-state index contributed by atoms with van der Waals surface area (Å²) in [6.45, 7) is 1.87. The van der Waals surface area contributed by atoms with Gasteiger partial charge in [0.25, 0.3) is 5.91 Å². The Bertz CT molecular complexity index is 1460. The van der Waals surface area contributed by atoms with Gasteiger partial charge in [-0.3, -0.25) is 14.7 Å². The van der Waals surface area contributed by atoms with E-state index in [-0.39, 0.29) is 46.9 Å². The zero-order valence-electron chi connectivity index (χ0n) is 20.6. The molecule has 2 aromatic carbocycles. The van der Waals surface area contributed by atoms with E-state index in [0.29, 0.717) is 11.3 Å². The molecule has 0 bridgehead atoms. The number of benzene rings is 2. The van der Waals surface area contributed by atoms with E-state index in [0.717, 1.165) is 27.8 Å². The minimum Gasteiger partial charge on any atom is -0.508 e. The van der Waals surface area contributed by atoms with Crippen molar-refractivity contribution < 1.29 is 29.3 Å². The largest absolute Gasteiger partial charge is 0.508 e. The Morgan fingerprint density at radius 2 is 1.92 bits per heavy atom. The summed E-state index contributed by atoms with van der Waals surface area (Å²) in [7, 11) is 1.21. The third-order valence-electron chi connectivity index (χ3n) is 5.61. The Morgan fingerprint density at radius 1 is 1.16 bits per heavy atom. The second kappa shape index (κ2) is 11.7. The smallest absolute Gasteiger partial charge is 0.329 e. The number of aromatic hydroxyl groups is 2. The number of anilines is 1. The number of carbonyl (C=O) groups excluding carboxylic acids is 3. The van der Waals surface area contributed by atoms with Crippen molar-refractivity contribution in [1.29, 1.82) is 0 Å². The molecule has 6 N–H and O–H groups in total. The first-order chi connectivity index (χ1) is 18.2. The third-order valence-corrected chi connectivity index (χ3v) is 6.68. The van der Waals surface area contributed by atoms with Crippen molar-refractivity contribution in [1.82, 2.24) is 25.8 Å². The van der Waals surface area contributed by atoms with Crippen LogP contribution in [0.1, 0.15) is 26.5 Å². The second-order valence-electron chi connectivity index (χ2n) is 8.44. The maximum Gasteiger partial charge on any atom is 0.329 e. The highest BCUT2D eigenvalue weighted by atomic mass is 32.1. The van der Waals surface area contributed by atoms with Gasteiger partial charge in [0.15, 0.2) is 5.13 Å². The summed E-state index contributed by atoms with van der Waals surface area (Å²) < 4.78 is 4.81. The standard InChI is InChI=1S/C25H26N6O6S/c1-13-22(38-25(28-13)30-21(34)8-15-4-3-5-19-18(15)11-27-31-19)23(35)29-20(24(36)37-2)12-26-10-14-6-16(32)9-17(33)7-14/h3-7,9,11,20,26,32-33H,8,10,12H2,1-2H3,(H,27,31)(H,29,35)(H,28,30,34). The summed E-state index contributed by atoms with van der Waals surface area (Å²) in [6, 6.07) is 8.65. The van der Waals surface area contributed by atoms with Gasteiger partial charge in [0.1, 0.15) is 22.4 Å². The van der Waals surface area contributed by atoms with Crippen molar-refractivity contribution >= 4 is 45.2 Å². The molecule has 0 saturated heterocycles. The van der Waals surface area contributed by atoms with Gasteiger partial charge >= 0.3 is 5.97 Å². The number of nitrogens with zero attached hydrogens (tertiary/aromatic N) is 2. The van der Waals surface area contributed by atoms with E-state index in [2.05, 4.69) is 31.1 Å². The van der Waals surface area contributed by atoms with E-state index in [1.807, 2.05) is 18.2 Å². The van der Waals surface area contributed by atoms with Crippen LogP contribution in [0.2, 0.25) is 0 Å². The van der Waals surface area contributed by atoms with Gasteiger partial charge in [0, 0.05) is 24.5 Å². The summed E-state index contributed by atoms with van der Waals surface area (Å²) in [4.78, 5) is 42.4. The molecule has 1 atom stereocenters. The number of rotatable bonds is 10. The monoisotopic (exact) mass is 538 g/mol. The van der Waals surface area contributed by atoms with Gasteiger partial charge in [-0.25, -0.2) is 9.78 Å². The van der Waals surface area contributed by atoms with Gasteiger partial charge in [-0.1, -0.05) is 23.5 Å². The molecule has 0 aliphatic carbocycles. The first-order valence-electron chi connectivity index (χ1n) is 11.5. The van der Waals surface area contributed by atoms with Gasteiger partial charge in [-0.2, -0.15) is 5.10 Å². The van der Waals surface area contributed by atoms with Crippen LogP contribution in [-0.2, 0) is 27.3 Å². The maximum absolute atomic E-state index is 13.0. The number of aromatic amines is 1. The lowest BCUT2D eigenvalue weighted by Crippen LogP contribution is -2.47. The Kier molecular flexibility index (Phi) is 8.19. The molecule has 13 heteroatoms. The van der Waals surface area contributed by atoms with Gasteiger partial charge in [-0.15, -0.1) is 0 Å². The third kappa shape index (κ3) is 6.44. The topological polar surface area (TPSA) is 179 Å². The predicted octanol–water partition coefficient (Wildman–Crippen LogP) is 1.98. The number of carbonyl (C=O) groups is 3. The van der Waals surface area contributed by atoms with Crippen LogP contribution in [0.25, 0.3) is 10.9 Å². The molecule has 0 fully saturated rings. The molecule has 0 radical (unpaired) electrons. The Hall–Kier alpha value is -4.49. The number of aromatic nitrogens is 3. The average molecular weight is 539 g/mol. The fourth-order valence-electron chi connectivity index (χ4n) is 3.86. The van der Waals surface area contributed by atoms with Crippen LogP contribution in [0.3, 0.4) is 0 Å². The SMILES string of the molecule is COC(=O)C(CNCc1cc(O)cc(O)c1)NC(=O)c1sc(NC(=O)Cc2cccc3[nH]ncc23)nc1C. The minimum absolute atomic E-state index is 0.0236. The fourth-order valence-corrected chi connectivity index (χ4v) is 4.74. The molecule has 4 aromatic rings. The van der Waals surface area contributed by atoms with Crippen molar-refractivity contribution in [2.24, 2.45) is 0 Å². The second-order valence-corrected chi connectivity index (χ2v) is 9.44. The number of hydrogen-bond acceptors (Lipinski definition) is 10. The van der Waals surface area contributed by atoms with Crippen molar-refractivity contribution in [2.45, 2.75) is 25.9 Å². The number of aryl methyl sites for hydroxylation is 1. The summed E-state index contributed by atoms with van der Waals surface area (Å²) in [5, 5.41) is 35.5. The summed E-state index contributed by atoms with van der Waals surface area (Å²) in [6.07, 6.45) is 1.76. The van der Waals surface area contributed by atoms with Crippen molar-refractivity contribution in [3.63, 3.8) is 0 Å². The molecule has 4 rings (SSSR count). The Labute approximate surface area is 221 Å². The van der Waals surface area contributed by atoms with Crippen LogP contribution >= 0.6 is 11.3 Å². The molecule has 0 saturated carbocycles. The van der Waals surface area contributed by atoms with Crippen LogP contribution in [0, 0.1) is 6.92 Å². The molecule has 2 amide bonds. The van der Waals surface area contributed by atoms with E-state index in [1.165, 1.54) is 25.3 Å². The van der Waals surface area contributed by atoms with E-state index >= 15 is 0 Å². The molecule has 2 aromatic heterocycles. The van der Waals surface area contributed by atoms with Crippen molar-refractivity contribution in [2.75, 3.05) is 19.0 Å². The van der Waals surface area contributed by atoms with Gasteiger partial charge in [-0.05, 0) is 36.2 Å². The normalized spacial score (nSPS) is 11.7. The molecule has 198 valence electrons. The molecular weight excluding hydrogens is 512 g/mol. The van der Waals surface area contributed by atoms with E-state index in [4.69, 9.17) is 4.74 Å². The number of hydrogen-bond donors (Lipinski definition) is 6. The number of methoxy groups -OCH3 is 1. The predicted molar refractivity (Wildman–Crippen MR) is 140 cm³/mol. The van der Waals surface area contributed by atoms with Crippen LogP contribution in [-0.4, -0.2) is 62.9 Å². The number of H-pyrrole nitrogens is 1. The maximum atomic E-state index is 13.0. The highest BCUT2D eigenvalue weighted by Gasteiger charge is 2.25. The number of fused-ring (bicyclic) bond motifs is 1. The molecule has 0 aliphatic heterocycles. The summed E-state index contributed by atoms with van der Waals surface area (Å²) in [5.74, 6) is -1.69. The Balaban J connectivity index is 1.37. The van der Waals surface area contributed by atoms with Crippen LogP contribution in [0.5, 0.6) is 11.5 Å². The molecule has 12 nitrogen and oxygen atoms in total. The van der Waals surface area contributed by atoms with E-state index < -0.39 is 17.9 Å². The van der Waals surface area contributed by atoms with Gasteiger partial charge in [0.2, 0.25) is 5.91 Å². The molecule has 2 heterocycles. The lowest BCUT2D eigenvalue weighted by molar-refractivity contribution is -0.142. The van der Waals surface area contributed by atoms with Crippen molar-refractivity contribution in [3.05, 3.63) is 64.3 Å². The van der Waals surface area contributed by atoms with Crippen molar-refractivity contribution in [3.8, 4) is 11.5 Å². The van der Waals surface area contributed by atoms with Crippen LogP contribution in [0.15, 0.2) is 42.6 Å². The van der Waals surface area contributed by atoms with Crippen LogP contribution < -0.4 is 16.0 Å². The van der Waals surface area contributed by atoms with Gasteiger partial charge < -0.3 is 30.9 Å². The molecule has 0 aliphatic rings. The van der Waals surface area contributed by atoms with Crippen LogP contribution in [0.4, 0.5) is 5.13 Å². The quantitative estimate of drug-likeness (QED) is 0.165. The summed E-state index contributed by atoms with van der Waals surface area (Å²) >= 11 is 0.995. The number of phenols is 2. The number of phenolic OH excluding ortho intramolecular Hbond substituents is 2. The zero-order chi connectivity index (χ0) is 27.2. The molecule has 38 heavy (non-hydrogen) atoms. The number of ether oxygens (including phenoxy) is 1. The molecule has 0 spiro atoms. The first kappa shape index (κ1) is 26.6. The van der Waals surface area contributed by atoms with E-state index in [1.54, 1.807) is 13.1 Å². The van der Waals surface area contributed by atoms with Gasteiger partial charge in [0.05, 0.1) is 30.9 Å². The minimum atomic E-state index is -1.02. The highest BCUT2D eigenvalue weighted by molar-refractivity contribution is 7.17. The fraction of sp³-hybridized carbons (Fsp3) is 0.240. The molecule has 1 unspecified atom stereocenters. The average Bonchev–Trinajstić information content (AvgIpc) is 3.49. The lowest BCUT2D eigenvalue weighted by atomic mass is 10.1. The molecular formula is C25H26N6O6S. The number of amides is 2. The lowest BCUT2D eigenvalue weighted by Gasteiger charge is -2.17. The number of esters is 1. The highest BCUT2D eigenvalue weighted by Crippen LogP contribution is 2.24. The van der Waals surface area contributed by atoms with E-state index in [9.17, 15) is 24.6 Å². The number of nitrogens with one attached hydrogen (secondary N) is 4. The Morgan fingerprint density at radius 3 is 2.66 bits per heavy atom. The zero-order valence-corrected chi connectivity index (χ0v) is 21.4.